The lowest BCUT2D eigenvalue weighted by Gasteiger charge is -2.32. The number of carbonyl (C=O) groups excluding carboxylic acids is 1. The number of benzene rings is 1. The minimum absolute atomic E-state index is 0.0900. The van der Waals surface area contributed by atoms with Crippen LogP contribution in [-0.2, 0) is 11.3 Å². The normalized spacial score (nSPS) is 21.4. The molecule has 2 fully saturated rings. The lowest BCUT2D eigenvalue weighted by atomic mass is 9.78. The van der Waals surface area contributed by atoms with Crippen molar-refractivity contribution in [3.8, 4) is 5.75 Å². The fourth-order valence-electron chi connectivity index (χ4n) is 3.45. The number of amides is 1. The van der Waals surface area contributed by atoms with E-state index in [-0.39, 0.29) is 5.41 Å². The molecule has 1 aromatic carbocycles. The Morgan fingerprint density at radius 2 is 2.00 bits per heavy atom. The molecule has 0 aliphatic carbocycles. The van der Waals surface area contributed by atoms with E-state index in [2.05, 4.69) is 5.32 Å². The van der Waals surface area contributed by atoms with Gasteiger partial charge in [-0.2, -0.15) is 0 Å². The fourth-order valence-corrected chi connectivity index (χ4v) is 3.45. The molecule has 2 heterocycles. The van der Waals surface area contributed by atoms with Gasteiger partial charge >= 0.3 is 0 Å². The van der Waals surface area contributed by atoms with Crippen molar-refractivity contribution in [2.75, 3.05) is 26.7 Å². The first-order valence-electron chi connectivity index (χ1n) is 7.37. The molecule has 108 valence electrons. The van der Waals surface area contributed by atoms with E-state index >= 15 is 0 Å². The first-order valence-corrected chi connectivity index (χ1v) is 7.37. The molecule has 0 aromatic heterocycles. The number of methoxy groups -OCH3 is 1. The molecule has 2 aliphatic rings. The summed E-state index contributed by atoms with van der Waals surface area (Å²) in [7, 11) is 1.68. The summed E-state index contributed by atoms with van der Waals surface area (Å²) < 4.78 is 5.38. The fraction of sp³-hybridized carbons (Fsp3) is 0.562. The van der Waals surface area contributed by atoms with Gasteiger partial charge in [0.2, 0.25) is 5.91 Å². The van der Waals surface area contributed by atoms with Gasteiger partial charge in [0.15, 0.2) is 0 Å². The highest BCUT2D eigenvalue weighted by Gasteiger charge is 2.46. The maximum atomic E-state index is 12.7. The Morgan fingerprint density at radius 3 is 2.75 bits per heavy atom. The van der Waals surface area contributed by atoms with Gasteiger partial charge in [-0.3, -0.25) is 4.79 Å². The molecular formula is C16H22N2O2. The molecule has 2 saturated heterocycles. The third kappa shape index (κ3) is 2.29. The van der Waals surface area contributed by atoms with E-state index < -0.39 is 0 Å². The molecule has 3 rings (SSSR count). The summed E-state index contributed by atoms with van der Waals surface area (Å²) in [5, 5.41) is 3.35. The number of rotatable bonds is 3. The largest absolute Gasteiger partial charge is 0.496 e. The van der Waals surface area contributed by atoms with Crippen molar-refractivity contribution < 1.29 is 9.53 Å². The molecular weight excluding hydrogens is 252 g/mol. The van der Waals surface area contributed by atoms with E-state index in [0.29, 0.717) is 12.5 Å². The number of hydrogen-bond acceptors (Lipinski definition) is 3. The van der Waals surface area contributed by atoms with Crippen LogP contribution < -0.4 is 10.1 Å². The molecule has 4 heteroatoms. The number of hydrogen-bond donors (Lipinski definition) is 1. The van der Waals surface area contributed by atoms with E-state index in [4.69, 9.17) is 4.74 Å². The number of para-hydroxylation sites is 1. The summed E-state index contributed by atoms with van der Waals surface area (Å²) in [6.45, 7) is 3.47. The van der Waals surface area contributed by atoms with Gasteiger partial charge in [-0.15, -0.1) is 0 Å². The van der Waals surface area contributed by atoms with E-state index in [0.717, 1.165) is 50.2 Å². The van der Waals surface area contributed by atoms with E-state index in [9.17, 15) is 4.79 Å². The van der Waals surface area contributed by atoms with Crippen molar-refractivity contribution >= 4 is 5.91 Å². The van der Waals surface area contributed by atoms with E-state index in [1.54, 1.807) is 7.11 Å². The lowest BCUT2D eigenvalue weighted by Crippen LogP contribution is -2.42. The molecule has 0 radical (unpaired) electrons. The van der Waals surface area contributed by atoms with Crippen LogP contribution in [0.5, 0.6) is 5.75 Å². The molecule has 20 heavy (non-hydrogen) atoms. The third-order valence-electron chi connectivity index (χ3n) is 4.72. The second-order valence-corrected chi connectivity index (χ2v) is 5.82. The van der Waals surface area contributed by atoms with Crippen LogP contribution in [0.1, 0.15) is 24.8 Å². The molecule has 1 aromatic rings. The Hall–Kier alpha value is -1.55. The number of piperidine rings is 1. The number of ether oxygens (including phenoxy) is 1. The predicted molar refractivity (Wildman–Crippen MR) is 77.6 cm³/mol. The highest BCUT2D eigenvalue weighted by molar-refractivity contribution is 5.85. The lowest BCUT2D eigenvalue weighted by molar-refractivity contribution is -0.137. The van der Waals surface area contributed by atoms with Gasteiger partial charge in [0.25, 0.3) is 0 Å². The minimum Gasteiger partial charge on any atom is -0.496 e. The Kier molecular flexibility index (Phi) is 3.66. The van der Waals surface area contributed by atoms with Crippen molar-refractivity contribution in [1.29, 1.82) is 0 Å². The van der Waals surface area contributed by atoms with Gasteiger partial charge in [-0.05, 0) is 38.4 Å². The summed E-state index contributed by atoms with van der Waals surface area (Å²) in [4.78, 5) is 14.7. The van der Waals surface area contributed by atoms with Crippen LogP contribution in [0.4, 0.5) is 0 Å². The summed E-state index contributed by atoms with van der Waals surface area (Å²) in [6.07, 6.45) is 2.96. The van der Waals surface area contributed by atoms with Crippen LogP contribution in [0.3, 0.4) is 0 Å². The number of carbonyl (C=O) groups is 1. The van der Waals surface area contributed by atoms with Crippen molar-refractivity contribution in [3.63, 3.8) is 0 Å². The molecule has 1 spiro atoms. The van der Waals surface area contributed by atoms with Crippen LogP contribution in [-0.4, -0.2) is 37.6 Å². The second-order valence-electron chi connectivity index (χ2n) is 5.82. The first kappa shape index (κ1) is 13.4. The van der Waals surface area contributed by atoms with Crippen LogP contribution in [0, 0.1) is 5.41 Å². The Bertz CT molecular complexity index is 495. The number of nitrogens with one attached hydrogen (secondary N) is 1. The van der Waals surface area contributed by atoms with Crippen LogP contribution in [0.2, 0.25) is 0 Å². The first-order chi connectivity index (χ1) is 9.75. The second kappa shape index (κ2) is 5.44. The van der Waals surface area contributed by atoms with Crippen LogP contribution >= 0.6 is 0 Å². The average molecular weight is 274 g/mol. The van der Waals surface area contributed by atoms with Gasteiger partial charge in [-0.25, -0.2) is 0 Å². The minimum atomic E-state index is -0.0900. The smallest absolute Gasteiger partial charge is 0.229 e. The highest BCUT2D eigenvalue weighted by atomic mass is 16.5. The monoisotopic (exact) mass is 274 g/mol. The number of nitrogens with zero attached hydrogens (tertiary/aromatic N) is 1. The SMILES string of the molecule is COc1ccccc1CN1CCC2(CCNCC2)C1=O. The highest BCUT2D eigenvalue weighted by Crippen LogP contribution is 2.40. The molecule has 1 N–H and O–H groups in total. The third-order valence-corrected chi connectivity index (χ3v) is 4.72. The van der Waals surface area contributed by atoms with Gasteiger partial charge in [0.05, 0.1) is 12.5 Å². The Morgan fingerprint density at radius 1 is 1.25 bits per heavy atom. The zero-order valence-electron chi connectivity index (χ0n) is 12.0. The van der Waals surface area contributed by atoms with Crippen molar-refractivity contribution in [2.45, 2.75) is 25.8 Å². The van der Waals surface area contributed by atoms with Crippen LogP contribution in [0.25, 0.3) is 0 Å². The summed E-state index contributed by atoms with van der Waals surface area (Å²) in [5.74, 6) is 1.21. The molecule has 1 amide bonds. The zero-order chi connectivity index (χ0) is 14.0. The molecule has 2 aliphatic heterocycles. The summed E-state index contributed by atoms with van der Waals surface area (Å²) in [6, 6.07) is 7.96. The van der Waals surface area contributed by atoms with E-state index in [1.165, 1.54) is 0 Å². The van der Waals surface area contributed by atoms with Crippen molar-refractivity contribution in [2.24, 2.45) is 5.41 Å². The average Bonchev–Trinajstić information content (AvgIpc) is 2.78. The van der Waals surface area contributed by atoms with Gasteiger partial charge in [0, 0.05) is 18.7 Å². The predicted octanol–water partition coefficient (Wildman–Crippen LogP) is 1.80. The zero-order valence-corrected chi connectivity index (χ0v) is 12.0. The van der Waals surface area contributed by atoms with Crippen molar-refractivity contribution in [3.05, 3.63) is 29.8 Å². The molecule has 0 atom stereocenters. The standard InChI is InChI=1S/C16H22N2O2/c1-20-14-5-3-2-4-13(14)12-18-11-8-16(15(18)19)6-9-17-10-7-16/h2-5,17H,6-12H2,1H3. The van der Waals surface area contributed by atoms with E-state index in [1.807, 2.05) is 29.2 Å². The summed E-state index contributed by atoms with van der Waals surface area (Å²) in [5.41, 5.74) is 1.00. The molecule has 0 bridgehead atoms. The Balaban J connectivity index is 1.74. The van der Waals surface area contributed by atoms with Crippen molar-refractivity contribution in [1.82, 2.24) is 10.2 Å². The van der Waals surface area contributed by atoms with Gasteiger partial charge in [-0.1, -0.05) is 18.2 Å². The van der Waals surface area contributed by atoms with Gasteiger partial charge < -0.3 is 15.0 Å². The summed E-state index contributed by atoms with van der Waals surface area (Å²) >= 11 is 0. The van der Waals surface area contributed by atoms with Gasteiger partial charge in [0.1, 0.15) is 5.75 Å². The molecule has 0 unspecified atom stereocenters. The quantitative estimate of drug-likeness (QED) is 0.914. The number of likely N-dealkylation sites (tertiary alicyclic amines) is 1. The topological polar surface area (TPSA) is 41.6 Å². The molecule has 4 nitrogen and oxygen atoms in total. The Labute approximate surface area is 120 Å². The van der Waals surface area contributed by atoms with Crippen LogP contribution in [0.15, 0.2) is 24.3 Å². The molecule has 0 saturated carbocycles. The maximum Gasteiger partial charge on any atom is 0.229 e. The maximum absolute atomic E-state index is 12.7.